The van der Waals surface area contributed by atoms with Crippen LogP contribution in [-0.4, -0.2) is 60.0 Å². The molecule has 1 unspecified atom stereocenters. The molecule has 25 heavy (non-hydrogen) atoms. The molecule has 138 valence electrons. The van der Waals surface area contributed by atoms with Crippen molar-refractivity contribution >= 4 is 11.9 Å². The monoisotopic (exact) mass is 346 g/mol. The number of nitrogens with one attached hydrogen (secondary N) is 2. The van der Waals surface area contributed by atoms with E-state index in [1.54, 1.807) is 4.90 Å². The maximum atomic E-state index is 12.3. The second-order valence-corrected chi connectivity index (χ2v) is 6.79. The summed E-state index contributed by atoms with van der Waals surface area (Å²) in [7, 11) is 0. The Labute approximate surface area is 150 Å². The average molecular weight is 346 g/mol. The summed E-state index contributed by atoms with van der Waals surface area (Å²) in [4.78, 5) is 28.5. The van der Waals surface area contributed by atoms with Gasteiger partial charge in [-0.3, -0.25) is 9.69 Å². The van der Waals surface area contributed by atoms with Crippen LogP contribution in [-0.2, 0) is 11.3 Å². The highest BCUT2D eigenvalue weighted by Gasteiger charge is 2.25. The molecule has 1 aliphatic heterocycles. The molecule has 2 N–H and O–H groups in total. The smallest absolute Gasteiger partial charge is 0.315 e. The Hall–Kier alpha value is -2.08. The molecule has 2 rings (SSSR count). The Morgan fingerprint density at radius 3 is 2.60 bits per heavy atom. The van der Waals surface area contributed by atoms with E-state index in [0.29, 0.717) is 19.1 Å². The van der Waals surface area contributed by atoms with Crippen LogP contribution in [0.4, 0.5) is 4.79 Å². The largest absolute Gasteiger partial charge is 0.337 e. The van der Waals surface area contributed by atoms with Gasteiger partial charge in [-0.2, -0.15) is 0 Å². The molecular weight excluding hydrogens is 316 g/mol. The first kappa shape index (κ1) is 19.2. The Morgan fingerprint density at radius 2 is 2.00 bits per heavy atom. The minimum atomic E-state index is -0.264. The molecule has 1 saturated heterocycles. The van der Waals surface area contributed by atoms with E-state index < -0.39 is 0 Å². The van der Waals surface area contributed by atoms with Crippen molar-refractivity contribution in [3.05, 3.63) is 35.9 Å². The van der Waals surface area contributed by atoms with Crippen molar-refractivity contribution in [1.29, 1.82) is 0 Å². The van der Waals surface area contributed by atoms with Crippen molar-refractivity contribution in [3.8, 4) is 0 Å². The molecule has 1 aromatic rings. The molecule has 1 fully saturated rings. The number of urea groups is 1. The lowest BCUT2D eigenvalue weighted by molar-refractivity contribution is -0.130. The number of likely N-dealkylation sites (tertiary alicyclic amines) is 1. The Kier molecular flexibility index (Phi) is 7.25. The molecule has 0 aliphatic carbocycles. The third kappa shape index (κ3) is 6.05. The summed E-state index contributed by atoms with van der Waals surface area (Å²) in [6.45, 7) is 9.33. The Balaban J connectivity index is 1.73. The molecule has 1 heterocycles. The standard InChI is InChI=1S/C19H30N4O2/c1-4-22(13-16-8-6-5-7-9-16)18(24)12-20-19(25)21-17-10-11-23(14-17)15(2)3/h5-9,15,17H,4,10-14H2,1-3H3,(H2,20,21,25). The highest BCUT2D eigenvalue weighted by atomic mass is 16.2. The lowest BCUT2D eigenvalue weighted by atomic mass is 10.2. The molecule has 0 radical (unpaired) electrons. The van der Waals surface area contributed by atoms with Crippen molar-refractivity contribution in [2.75, 3.05) is 26.2 Å². The number of likely N-dealkylation sites (N-methyl/N-ethyl adjacent to an activating group) is 1. The van der Waals surface area contributed by atoms with E-state index in [1.807, 2.05) is 37.3 Å². The van der Waals surface area contributed by atoms with Gasteiger partial charge in [-0.25, -0.2) is 4.79 Å². The summed E-state index contributed by atoms with van der Waals surface area (Å²) in [5.41, 5.74) is 1.09. The van der Waals surface area contributed by atoms with Crippen molar-refractivity contribution in [2.45, 2.75) is 45.8 Å². The molecule has 0 spiro atoms. The van der Waals surface area contributed by atoms with Crippen molar-refractivity contribution in [2.24, 2.45) is 0 Å². The molecule has 0 bridgehead atoms. The van der Waals surface area contributed by atoms with Crippen LogP contribution >= 0.6 is 0 Å². The van der Waals surface area contributed by atoms with E-state index in [1.165, 1.54) is 0 Å². The molecule has 6 heteroatoms. The second-order valence-electron chi connectivity index (χ2n) is 6.79. The zero-order valence-corrected chi connectivity index (χ0v) is 15.5. The zero-order valence-electron chi connectivity index (χ0n) is 15.5. The van der Waals surface area contributed by atoms with E-state index in [2.05, 4.69) is 29.4 Å². The summed E-state index contributed by atoms with van der Waals surface area (Å²) in [6, 6.07) is 10.3. The second kappa shape index (κ2) is 9.42. The summed E-state index contributed by atoms with van der Waals surface area (Å²) >= 11 is 0. The maximum absolute atomic E-state index is 12.3. The first-order valence-corrected chi connectivity index (χ1v) is 9.09. The predicted molar refractivity (Wildman–Crippen MR) is 99.2 cm³/mol. The highest BCUT2D eigenvalue weighted by molar-refractivity contribution is 5.84. The van der Waals surface area contributed by atoms with Gasteiger partial charge in [0.15, 0.2) is 0 Å². The minimum Gasteiger partial charge on any atom is -0.337 e. The van der Waals surface area contributed by atoms with Crippen LogP contribution in [0.3, 0.4) is 0 Å². The highest BCUT2D eigenvalue weighted by Crippen LogP contribution is 2.12. The van der Waals surface area contributed by atoms with Gasteiger partial charge in [0, 0.05) is 38.3 Å². The number of carbonyl (C=O) groups excluding carboxylic acids is 2. The van der Waals surface area contributed by atoms with E-state index in [-0.39, 0.29) is 24.5 Å². The van der Waals surface area contributed by atoms with Gasteiger partial charge in [-0.05, 0) is 32.8 Å². The normalized spacial score (nSPS) is 17.5. The van der Waals surface area contributed by atoms with Crippen molar-refractivity contribution < 1.29 is 9.59 Å². The Bertz CT molecular complexity index is 562. The molecule has 0 aromatic heterocycles. The van der Waals surface area contributed by atoms with Gasteiger partial charge in [0.2, 0.25) is 5.91 Å². The molecule has 0 saturated carbocycles. The van der Waals surface area contributed by atoms with Crippen LogP contribution in [0, 0.1) is 0 Å². The first-order valence-electron chi connectivity index (χ1n) is 9.09. The fourth-order valence-electron chi connectivity index (χ4n) is 3.06. The van der Waals surface area contributed by atoms with Gasteiger partial charge in [0.1, 0.15) is 0 Å². The predicted octanol–water partition coefficient (Wildman–Crippen LogP) is 1.82. The van der Waals surface area contributed by atoms with E-state index in [4.69, 9.17) is 0 Å². The third-order valence-electron chi connectivity index (χ3n) is 4.64. The minimum absolute atomic E-state index is 0.0210. The maximum Gasteiger partial charge on any atom is 0.315 e. The van der Waals surface area contributed by atoms with E-state index in [0.717, 1.165) is 25.1 Å². The number of rotatable bonds is 7. The van der Waals surface area contributed by atoms with Crippen LogP contribution in [0.1, 0.15) is 32.8 Å². The van der Waals surface area contributed by atoms with Crippen LogP contribution in [0.15, 0.2) is 30.3 Å². The fourth-order valence-corrected chi connectivity index (χ4v) is 3.06. The Morgan fingerprint density at radius 1 is 1.28 bits per heavy atom. The number of benzene rings is 1. The van der Waals surface area contributed by atoms with Gasteiger partial charge in [-0.1, -0.05) is 30.3 Å². The summed E-state index contributed by atoms with van der Waals surface area (Å²) in [5.74, 6) is -0.0725. The molecule has 6 nitrogen and oxygen atoms in total. The summed E-state index contributed by atoms with van der Waals surface area (Å²) < 4.78 is 0. The number of hydrogen-bond acceptors (Lipinski definition) is 3. The fraction of sp³-hybridized carbons (Fsp3) is 0.579. The van der Waals surface area contributed by atoms with Gasteiger partial charge >= 0.3 is 6.03 Å². The number of hydrogen-bond donors (Lipinski definition) is 2. The van der Waals surface area contributed by atoms with Gasteiger partial charge in [0.05, 0.1) is 6.54 Å². The van der Waals surface area contributed by atoms with E-state index >= 15 is 0 Å². The SMILES string of the molecule is CCN(Cc1ccccc1)C(=O)CNC(=O)NC1CCN(C(C)C)C1. The third-order valence-corrected chi connectivity index (χ3v) is 4.64. The van der Waals surface area contributed by atoms with Gasteiger partial charge in [0.25, 0.3) is 0 Å². The van der Waals surface area contributed by atoms with Crippen LogP contribution < -0.4 is 10.6 Å². The van der Waals surface area contributed by atoms with Crippen molar-refractivity contribution in [1.82, 2.24) is 20.4 Å². The number of nitrogens with zero attached hydrogens (tertiary/aromatic N) is 2. The molecule has 3 amide bonds. The first-order chi connectivity index (χ1) is 12.0. The number of amides is 3. The molecule has 1 atom stereocenters. The molecule has 1 aromatic carbocycles. The van der Waals surface area contributed by atoms with Crippen molar-refractivity contribution in [3.63, 3.8) is 0 Å². The van der Waals surface area contributed by atoms with Gasteiger partial charge in [-0.15, -0.1) is 0 Å². The van der Waals surface area contributed by atoms with Gasteiger partial charge < -0.3 is 15.5 Å². The lowest BCUT2D eigenvalue weighted by Crippen LogP contribution is -2.47. The number of carbonyl (C=O) groups is 2. The quantitative estimate of drug-likeness (QED) is 0.791. The van der Waals surface area contributed by atoms with Crippen LogP contribution in [0.25, 0.3) is 0 Å². The lowest BCUT2D eigenvalue weighted by Gasteiger charge is -2.22. The molecule has 1 aliphatic rings. The van der Waals surface area contributed by atoms with E-state index in [9.17, 15) is 9.59 Å². The van der Waals surface area contributed by atoms with Crippen LogP contribution in [0.2, 0.25) is 0 Å². The van der Waals surface area contributed by atoms with Crippen LogP contribution in [0.5, 0.6) is 0 Å². The topological polar surface area (TPSA) is 64.7 Å². The summed E-state index contributed by atoms with van der Waals surface area (Å²) in [5, 5.41) is 5.66. The zero-order chi connectivity index (χ0) is 18.2. The molecular formula is C19H30N4O2. The summed E-state index contributed by atoms with van der Waals surface area (Å²) in [6.07, 6.45) is 0.953. The average Bonchev–Trinajstić information content (AvgIpc) is 3.07.